The van der Waals surface area contributed by atoms with Crippen molar-refractivity contribution in [3.63, 3.8) is 0 Å². The van der Waals surface area contributed by atoms with E-state index in [-0.39, 0.29) is 29.3 Å². The Morgan fingerprint density at radius 1 is 1.33 bits per heavy atom. The van der Waals surface area contributed by atoms with Gasteiger partial charge in [-0.3, -0.25) is 4.79 Å². The molecule has 0 aromatic heterocycles. The van der Waals surface area contributed by atoms with E-state index in [4.69, 9.17) is 5.11 Å². The van der Waals surface area contributed by atoms with Gasteiger partial charge in [0.25, 0.3) is 0 Å². The molecule has 0 bridgehead atoms. The molecule has 0 heterocycles. The summed E-state index contributed by atoms with van der Waals surface area (Å²) in [6, 6.07) is 3.84. The van der Waals surface area contributed by atoms with E-state index < -0.39 is 16.0 Å². The maximum atomic E-state index is 12.0. The highest BCUT2D eigenvalue weighted by molar-refractivity contribution is 14.1. The zero-order chi connectivity index (χ0) is 16.2. The smallest absolute Gasteiger partial charge is 0.336 e. The van der Waals surface area contributed by atoms with Crippen LogP contribution in [0.1, 0.15) is 16.8 Å². The van der Waals surface area contributed by atoms with Crippen LogP contribution in [0.2, 0.25) is 0 Å². The van der Waals surface area contributed by atoms with Crippen molar-refractivity contribution < 1.29 is 23.1 Å². The van der Waals surface area contributed by atoms with Crippen LogP contribution in [0.5, 0.6) is 0 Å². The summed E-state index contributed by atoms with van der Waals surface area (Å²) in [6.07, 6.45) is 0.0301. The topological polar surface area (TPSA) is 104 Å². The second kappa shape index (κ2) is 7.18. The molecule has 0 saturated heterocycles. The number of nitrogens with zero attached hydrogens (tertiary/aromatic N) is 1. The Bertz CT molecular complexity index is 658. The highest BCUT2D eigenvalue weighted by Gasteiger charge is 2.18. The summed E-state index contributed by atoms with van der Waals surface area (Å²) in [5, 5.41) is 9.00. The highest BCUT2D eigenvalue weighted by Crippen LogP contribution is 2.18. The Hall–Kier alpha value is -1.20. The van der Waals surface area contributed by atoms with E-state index in [2.05, 4.69) is 4.72 Å². The number of rotatable bonds is 6. The summed E-state index contributed by atoms with van der Waals surface area (Å²) in [4.78, 5) is 23.6. The van der Waals surface area contributed by atoms with Gasteiger partial charge in [0.2, 0.25) is 15.9 Å². The fraction of sp³-hybridized carbons (Fsp3) is 0.333. The molecule has 9 heteroatoms. The van der Waals surface area contributed by atoms with Crippen molar-refractivity contribution in [3.8, 4) is 0 Å². The summed E-state index contributed by atoms with van der Waals surface area (Å²) in [5.41, 5.74) is -0.0807. The lowest BCUT2D eigenvalue weighted by Crippen LogP contribution is -2.30. The summed E-state index contributed by atoms with van der Waals surface area (Å²) >= 11 is 1.82. The normalized spacial score (nSPS) is 11.2. The molecule has 2 N–H and O–H groups in total. The van der Waals surface area contributed by atoms with E-state index in [0.717, 1.165) is 6.07 Å². The van der Waals surface area contributed by atoms with Gasteiger partial charge in [-0.15, -0.1) is 0 Å². The summed E-state index contributed by atoms with van der Waals surface area (Å²) in [6.45, 7) is -0.0479. The van der Waals surface area contributed by atoms with E-state index in [0.29, 0.717) is 3.57 Å². The zero-order valence-corrected chi connectivity index (χ0v) is 14.4. The molecule has 0 saturated carbocycles. The number of hydrogen-bond acceptors (Lipinski definition) is 4. The van der Waals surface area contributed by atoms with Crippen LogP contribution in [-0.4, -0.2) is 50.9 Å². The first-order chi connectivity index (χ1) is 9.65. The minimum atomic E-state index is -3.84. The molecule has 0 unspecified atom stereocenters. The van der Waals surface area contributed by atoms with E-state index in [1.807, 2.05) is 22.6 Å². The summed E-state index contributed by atoms with van der Waals surface area (Å²) in [5.74, 6) is -1.40. The quantitative estimate of drug-likeness (QED) is 0.654. The molecule has 1 aromatic rings. The van der Waals surface area contributed by atoms with Gasteiger partial charge >= 0.3 is 5.97 Å². The van der Waals surface area contributed by atoms with Crippen LogP contribution < -0.4 is 4.72 Å². The van der Waals surface area contributed by atoms with Gasteiger partial charge in [0, 0.05) is 30.6 Å². The molecule has 0 atom stereocenters. The molecule has 0 aliphatic carbocycles. The first-order valence-electron chi connectivity index (χ1n) is 5.88. The van der Waals surface area contributed by atoms with Crippen molar-refractivity contribution in [1.82, 2.24) is 9.62 Å². The molecule has 0 aliphatic heterocycles. The molecule has 0 aliphatic rings. The van der Waals surface area contributed by atoms with Crippen LogP contribution in [0.3, 0.4) is 0 Å². The second-order valence-corrected chi connectivity index (χ2v) is 7.31. The van der Waals surface area contributed by atoms with Crippen LogP contribution in [-0.2, 0) is 14.8 Å². The van der Waals surface area contributed by atoms with Crippen molar-refractivity contribution in [2.75, 3.05) is 20.6 Å². The molecule has 0 radical (unpaired) electrons. The van der Waals surface area contributed by atoms with Crippen LogP contribution in [0.25, 0.3) is 0 Å². The van der Waals surface area contributed by atoms with Crippen LogP contribution in [0.15, 0.2) is 23.1 Å². The highest BCUT2D eigenvalue weighted by atomic mass is 127. The van der Waals surface area contributed by atoms with E-state index >= 15 is 0 Å². The zero-order valence-electron chi connectivity index (χ0n) is 11.5. The van der Waals surface area contributed by atoms with E-state index in [1.54, 1.807) is 14.1 Å². The molecular formula is C12H15IN2O5S. The van der Waals surface area contributed by atoms with E-state index in [1.165, 1.54) is 17.0 Å². The standard InChI is InChI=1S/C12H15IN2O5S/c1-15(2)11(16)5-6-14-21(19,20)8-3-4-10(13)9(7-8)12(17)18/h3-4,7,14H,5-6H2,1-2H3,(H,17,18). The monoisotopic (exact) mass is 426 g/mol. The fourth-order valence-corrected chi connectivity index (χ4v) is 3.06. The number of amides is 1. The first kappa shape index (κ1) is 17.9. The number of nitrogens with one attached hydrogen (secondary N) is 1. The molecule has 1 aromatic carbocycles. The lowest BCUT2D eigenvalue weighted by Gasteiger charge is -2.11. The Balaban J connectivity index is 2.86. The average Bonchev–Trinajstić information content (AvgIpc) is 2.38. The third kappa shape index (κ3) is 4.93. The van der Waals surface area contributed by atoms with Crippen LogP contribution >= 0.6 is 22.6 Å². The number of carboxylic acid groups (broad SMARTS) is 1. The van der Waals surface area contributed by atoms with Gasteiger partial charge in [0.15, 0.2) is 0 Å². The lowest BCUT2D eigenvalue weighted by atomic mass is 10.2. The second-order valence-electron chi connectivity index (χ2n) is 4.38. The number of sulfonamides is 1. The Labute approximate surface area is 136 Å². The molecule has 116 valence electrons. The number of carbonyl (C=O) groups excluding carboxylic acids is 1. The average molecular weight is 426 g/mol. The van der Waals surface area contributed by atoms with Gasteiger partial charge in [0.1, 0.15) is 0 Å². The van der Waals surface area contributed by atoms with Crippen molar-refractivity contribution in [1.29, 1.82) is 0 Å². The van der Waals surface area contributed by atoms with Gasteiger partial charge in [0.05, 0.1) is 10.5 Å². The third-order valence-corrected chi connectivity index (χ3v) is 5.01. The minimum Gasteiger partial charge on any atom is -0.478 e. The number of halogens is 1. The molecule has 1 amide bonds. The number of carbonyl (C=O) groups is 2. The minimum absolute atomic E-state index is 0.0301. The van der Waals surface area contributed by atoms with Crippen LogP contribution in [0.4, 0.5) is 0 Å². The SMILES string of the molecule is CN(C)C(=O)CCNS(=O)(=O)c1ccc(I)c(C(=O)O)c1. The Kier molecular flexibility index (Phi) is 6.10. The van der Waals surface area contributed by atoms with Crippen molar-refractivity contribution in [2.24, 2.45) is 0 Å². The Morgan fingerprint density at radius 2 is 1.95 bits per heavy atom. The fourth-order valence-electron chi connectivity index (χ4n) is 1.43. The predicted octanol–water partition coefficient (Wildman–Crippen LogP) is 0.746. The Morgan fingerprint density at radius 3 is 2.48 bits per heavy atom. The van der Waals surface area contributed by atoms with Gasteiger partial charge in [-0.2, -0.15) is 0 Å². The number of benzene rings is 1. The number of aromatic carboxylic acids is 1. The van der Waals surface area contributed by atoms with Gasteiger partial charge in [-0.1, -0.05) is 0 Å². The largest absolute Gasteiger partial charge is 0.478 e. The predicted molar refractivity (Wildman–Crippen MR) is 84.6 cm³/mol. The van der Waals surface area contributed by atoms with Crippen LogP contribution in [0, 0.1) is 3.57 Å². The van der Waals surface area contributed by atoms with Gasteiger partial charge < -0.3 is 10.0 Å². The molecular weight excluding hydrogens is 411 g/mol. The maximum Gasteiger partial charge on any atom is 0.336 e. The van der Waals surface area contributed by atoms with Crippen molar-refractivity contribution in [3.05, 3.63) is 27.3 Å². The number of hydrogen-bond donors (Lipinski definition) is 2. The summed E-state index contributed by atoms with van der Waals surface area (Å²) in [7, 11) is -0.685. The first-order valence-corrected chi connectivity index (χ1v) is 8.44. The molecule has 7 nitrogen and oxygen atoms in total. The molecule has 1 rings (SSSR count). The van der Waals surface area contributed by atoms with Crippen molar-refractivity contribution in [2.45, 2.75) is 11.3 Å². The molecule has 0 fully saturated rings. The third-order valence-electron chi connectivity index (χ3n) is 2.61. The summed E-state index contributed by atoms with van der Waals surface area (Å²) < 4.78 is 26.8. The molecule has 0 spiro atoms. The van der Waals surface area contributed by atoms with E-state index in [9.17, 15) is 18.0 Å². The lowest BCUT2D eigenvalue weighted by molar-refractivity contribution is -0.128. The maximum absolute atomic E-state index is 12.0. The van der Waals surface area contributed by atoms with Gasteiger partial charge in [-0.25, -0.2) is 17.9 Å². The number of carboxylic acids is 1. The molecule has 21 heavy (non-hydrogen) atoms. The van der Waals surface area contributed by atoms with Gasteiger partial charge in [-0.05, 0) is 40.8 Å². The van der Waals surface area contributed by atoms with Crippen molar-refractivity contribution >= 4 is 44.5 Å².